The average molecular weight is 428 g/mol. The number of aromatic amines is 1. The minimum absolute atomic E-state index is 0.175. The van der Waals surface area contributed by atoms with Crippen LogP contribution in [0.1, 0.15) is 18.1 Å². The van der Waals surface area contributed by atoms with Gasteiger partial charge in [0.1, 0.15) is 12.9 Å². The molecule has 6 nitrogen and oxygen atoms in total. The molecule has 0 spiro atoms. The molecule has 0 unspecified atom stereocenters. The predicted molar refractivity (Wildman–Crippen MR) is 107 cm³/mol. The Morgan fingerprint density at radius 1 is 1.07 bits per heavy atom. The lowest BCUT2D eigenvalue weighted by molar-refractivity contribution is 0.269. The zero-order chi connectivity index (χ0) is 19.2. The molecule has 2 aromatic carbocycles. The molecule has 0 bridgehead atoms. The van der Waals surface area contributed by atoms with Crippen LogP contribution in [0.3, 0.4) is 0 Å². The SMILES string of the molecule is CCOc1cc(CNc2ncn[nH]2)cc(Cl)c1OCc1c(Cl)cccc1Cl. The molecule has 0 saturated carbocycles. The molecular formula is C18H17Cl3N4O2. The van der Waals surface area contributed by atoms with E-state index < -0.39 is 0 Å². The van der Waals surface area contributed by atoms with Gasteiger partial charge in [-0.05, 0) is 36.8 Å². The number of nitrogens with zero attached hydrogens (tertiary/aromatic N) is 2. The van der Waals surface area contributed by atoms with Crippen molar-refractivity contribution in [1.82, 2.24) is 15.2 Å². The summed E-state index contributed by atoms with van der Waals surface area (Å²) in [4.78, 5) is 4.02. The quantitative estimate of drug-likeness (QED) is 0.506. The van der Waals surface area contributed by atoms with Gasteiger partial charge in [0, 0.05) is 22.2 Å². The summed E-state index contributed by atoms with van der Waals surface area (Å²) in [6, 6.07) is 8.97. The van der Waals surface area contributed by atoms with E-state index in [1.54, 1.807) is 24.3 Å². The van der Waals surface area contributed by atoms with Crippen LogP contribution in [-0.2, 0) is 13.2 Å². The van der Waals surface area contributed by atoms with Crippen LogP contribution in [0.25, 0.3) is 0 Å². The van der Waals surface area contributed by atoms with Crippen LogP contribution >= 0.6 is 34.8 Å². The van der Waals surface area contributed by atoms with Gasteiger partial charge in [0.2, 0.25) is 5.95 Å². The maximum absolute atomic E-state index is 6.44. The number of rotatable bonds is 8. The van der Waals surface area contributed by atoms with E-state index in [4.69, 9.17) is 44.3 Å². The molecule has 0 aliphatic rings. The van der Waals surface area contributed by atoms with Gasteiger partial charge in [-0.25, -0.2) is 10.1 Å². The number of hydrogen-bond donors (Lipinski definition) is 2. The van der Waals surface area contributed by atoms with Crippen LogP contribution in [-0.4, -0.2) is 21.8 Å². The minimum atomic E-state index is 0.175. The second-order valence-corrected chi connectivity index (χ2v) is 6.74. The summed E-state index contributed by atoms with van der Waals surface area (Å²) >= 11 is 18.8. The largest absolute Gasteiger partial charge is 0.490 e. The number of H-pyrrole nitrogens is 1. The molecule has 0 radical (unpaired) electrons. The first-order chi connectivity index (χ1) is 13.1. The molecular weight excluding hydrogens is 411 g/mol. The van der Waals surface area contributed by atoms with Crippen molar-refractivity contribution in [3.8, 4) is 11.5 Å². The van der Waals surface area contributed by atoms with Gasteiger partial charge in [-0.15, -0.1) is 0 Å². The third-order valence-electron chi connectivity index (χ3n) is 3.67. The topological polar surface area (TPSA) is 72.1 Å². The van der Waals surface area contributed by atoms with Crippen molar-refractivity contribution in [3.05, 3.63) is 62.9 Å². The third-order valence-corrected chi connectivity index (χ3v) is 4.66. The molecule has 0 saturated heterocycles. The van der Waals surface area contributed by atoms with Crippen LogP contribution in [0.5, 0.6) is 11.5 Å². The molecule has 27 heavy (non-hydrogen) atoms. The van der Waals surface area contributed by atoms with Crippen LogP contribution < -0.4 is 14.8 Å². The zero-order valence-electron chi connectivity index (χ0n) is 14.4. The van der Waals surface area contributed by atoms with Crippen molar-refractivity contribution >= 4 is 40.8 Å². The minimum Gasteiger partial charge on any atom is -0.490 e. The number of ether oxygens (including phenoxy) is 2. The number of halogens is 3. The van der Waals surface area contributed by atoms with Gasteiger partial charge < -0.3 is 14.8 Å². The van der Waals surface area contributed by atoms with E-state index in [-0.39, 0.29) is 6.61 Å². The van der Waals surface area contributed by atoms with Crippen molar-refractivity contribution in [2.75, 3.05) is 11.9 Å². The highest BCUT2D eigenvalue weighted by Crippen LogP contribution is 2.38. The number of benzene rings is 2. The van der Waals surface area contributed by atoms with Gasteiger partial charge in [-0.1, -0.05) is 40.9 Å². The first-order valence-corrected chi connectivity index (χ1v) is 9.32. The van der Waals surface area contributed by atoms with Crippen molar-refractivity contribution in [2.45, 2.75) is 20.1 Å². The summed E-state index contributed by atoms with van der Waals surface area (Å²) in [5.41, 5.74) is 1.60. The molecule has 2 N–H and O–H groups in total. The molecule has 0 aliphatic carbocycles. The Kier molecular flexibility index (Phi) is 6.66. The summed E-state index contributed by atoms with van der Waals surface area (Å²) in [5.74, 6) is 1.55. The van der Waals surface area contributed by atoms with E-state index in [1.807, 2.05) is 13.0 Å². The predicted octanol–water partition coefficient (Wildman–Crippen LogP) is 5.35. The van der Waals surface area contributed by atoms with E-state index in [2.05, 4.69) is 20.5 Å². The van der Waals surface area contributed by atoms with Crippen LogP contribution in [0, 0.1) is 0 Å². The third kappa shape index (κ3) is 4.97. The van der Waals surface area contributed by atoms with E-state index in [0.29, 0.717) is 51.2 Å². The zero-order valence-corrected chi connectivity index (χ0v) is 16.7. The molecule has 0 fully saturated rings. The fourth-order valence-electron chi connectivity index (χ4n) is 2.42. The normalized spacial score (nSPS) is 10.7. The monoisotopic (exact) mass is 426 g/mol. The van der Waals surface area contributed by atoms with Crippen LogP contribution in [0.4, 0.5) is 5.95 Å². The first-order valence-electron chi connectivity index (χ1n) is 8.18. The number of anilines is 1. The van der Waals surface area contributed by atoms with Crippen molar-refractivity contribution in [2.24, 2.45) is 0 Å². The fraction of sp³-hybridized carbons (Fsp3) is 0.222. The van der Waals surface area contributed by atoms with Crippen molar-refractivity contribution in [3.63, 3.8) is 0 Å². The lowest BCUT2D eigenvalue weighted by Gasteiger charge is -2.16. The molecule has 142 valence electrons. The fourth-order valence-corrected chi connectivity index (χ4v) is 3.21. The van der Waals surface area contributed by atoms with Crippen molar-refractivity contribution < 1.29 is 9.47 Å². The van der Waals surface area contributed by atoms with Gasteiger partial charge >= 0.3 is 0 Å². The summed E-state index contributed by atoms with van der Waals surface area (Å²) in [6.45, 7) is 3.03. The second kappa shape index (κ2) is 9.17. The molecule has 1 aromatic heterocycles. The lowest BCUT2D eigenvalue weighted by atomic mass is 10.2. The summed E-state index contributed by atoms with van der Waals surface area (Å²) in [5, 5.41) is 11.1. The summed E-state index contributed by atoms with van der Waals surface area (Å²) in [6.07, 6.45) is 1.43. The Labute approximate surface area is 171 Å². The van der Waals surface area contributed by atoms with Crippen LogP contribution in [0.15, 0.2) is 36.7 Å². The van der Waals surface area contributed by atoms with E-state index in [0.717, 1.165) is 5.56 Å². The maximum atomic E-state index is 6.44. The van der Waals surface area contributed by atoms with Crippen molar-refractivity contribution in [1.29, 1.82) is 0 Å². The van der Waals surface area contributed by atoms with Gasteiger partial charge in [-0.3, -0.25) is 0 Å². The average Bonchev–Trinajstić information content (AvgIpc) is 3.15. The molecule has 1 heterocycles. The molecule has 0 atom stereocenters. The van der Waals surface area contributed by atoms with Gasteiger partial charge in [0.15, 0.2) is 11.5 Å². The summed E-state index contributed by atoms with van der Waals surface area (Å²) < 4.78 is 11.6. The highest BCUT2D eigenvalue weighted by atomic mass is 35.5. The Morgan fingerprint density at radius 3 is 2.52 bits per heavy atom. The molecule has 9 heteroatoms. The molecule has 0 amide bonds. The number of aromatic nitrogens is 3. The summed E-state index contributed by atoms with van der Waals surface area (Å²) in [7, 11) is 0. The van der Waals surface area contributed by atoms with E-state index in [9.17, 15) is 0 Å². The van der Waals surface area contributed by atoms with E-state index >= 15 is 0 Å². The highest BCUT2D eigenvalue weighted by Gasteiger charge is 2.15. The Morgan fingerprint density at radius 2 is 1.85 bits per heavy atom. The molecule has 0 aliphatic heterocycles. The van der Waals surface area contributed by atoms with E-state index in [1.165, 1.54) is 6.33 Å². The van der Waals surface area contributed by atoms with Gasteiger partial charge in [0.25, 0.3) is 0 Å². The second-order valence-electron chi connectivity index (χ2n) is 5.51. The first kappa shape index (κ1) is 19.6. The smallest absolute Gasteiger partial charge is 0.218 e. The Balaban J connectivity index is 1.79. The van der Waals surface area contributed by atoms with Gasteiger partial charge in [0.05, 0.1) is 11.6 Å². The van der Waals surface area contributed by atoms with Gasteiger partial charge in [-0.2, -0.15) is 5.10 Å². The highest BCUT2D eigenvalue weighted by molar-refractivity contribution is 6.36. The number of hydrogen-bond acceptors (Lipinski definition) is 5. The van der Waals surface area contributed by atoms with Crippen LogP contribution in [0.2, 0.25) is 15.1 Å². The Hall–Kier alpha value is -2.15. The number of nitrogens with one attached hydrogen (secondary N) is 2. The Bertz CT molecular complexity index is 884. The molecule has 3 aromatic rings. The maximum Gasteiger partial charge on any atom is 0.218 e. The standard InChI is InChI=1S/C18H17Cl3N4O2/c1-2-26-16-7-11(8-22-18-23-10-24-25-18)6-15(21)17(16)27-9-12-13(19)4-3-5-14(12)20/h3-7,10H,2,8-9H2,1H3,(H2,22,23,24,25). The lowest BCUT2D eigenvalue weighted by Crippen LogP contribution is -2.05. The molecule has 3 rings (SSSR count).